The molecule has 0 spiro atoms. The van der Waals surface area contributed by atoms with Crippen LogP contribution in [0.1, 0.15) is 0 Å². The van der Waals surface area contributed by atoms with Gasteiger partial charge >= 0.3 is 0 Å². The molecule has 0 radical (unpaired) electrons. The highest BCUT2D eigenvalue weighted by molar-refractivity contribution is 9.10. The van der Waals surface area contributed by atoms with Crippen LogP contribution in [0.25, 0.3) is 16.7 Å². The van der Waals surface area contributed by atoms with Gasteiger partial charge in [0, 0.05) is 22.3 Å². The van der Waals surface area contributed by atoms with Crippen LogP contribution in [-0.4, -0.2) is 9.55 Å². The maximum Gasteiger partial charge on any atom is 0.144 e. The van der Waals surface area contributed by atoms with Crippen molar-refractivity contribution in [1.82, 2.24) is 9.55 Å². The molecule has 0 amide bonds. The monoisotopic (exact) mass is 306 g/mol. The van der Waals surface area contributed by atoms with Crippen LogP contribution in [-0.2, 0) is 0 Å². The fourth-order valence-electron chi connectivity index (χ4n) is 1.84. The molecule has 0 fully saturated rings. The van der Waals surface area contributed by atoms with Crippen molar-refractivity contribution in [3.63, 3.8) is 0 Å². The molecule has 0 bridgehead atoms. The maximum atomic E-state index is 6.24. The van der Waals surface area contributed by atoms with Crippen LogP contribution >= 0.6 is 27.5 Å². The van der Waals surface area contributed by atoms with Gasteiger partial charge in [0.2, 0.25) is 0 Å². The summed E-state index contributed by atoms with van der Waals surface area (Å²) < 4.78 is 2.96. The summed E-state index contributed by atoms with van der Waals surface area (Å²) in [5, 5.41) is 1.80. The first-order valence-electron chi connectivity index (χ1n) is 5.13. The van der Waals surface area contributed by atoms with E-state index >= 15 is 0 Å². The van der Waals surface area contributed by atoms with Crippen LogP contribution in [0.2, 0.25) is 5.02 Å². The third-order valence-electron chi connectivity index (χ3n) is 2.62. The first kappa shape index (κ1) is 10.8. The van der Waals surface area contributed by atoms with Crippen molar-refractivity contribution in [1.29, 1.82) is 0 Å². The molecule has 0 saturated carbocycles. The second kappa shape index (κ2) is 4.17. The Morgan fingerprint density at radius 2 is 2.06 bits per heavy atom. The number of pyridine rings is 1. The Labute approximate surface area is 112 Å². The summed E-state index contributed by atoms with van der Waals surface area (Å²) in [4.78, 5) is 4.37. The van der Waals surface area contributed by atoms with Gasteiger partial charge in [-0.25, -0.2) is 4.98 Å². The van der Waals surface area contributed by atoms with Gasteiger partial charge in [0.05, 0.1) is 10.7 Å². The molecule has 1 aromatic carbocycles. The molecule has 2 aromatic heterocycles. The van der Waals surface area contributed by atoms with Crippen molar-refractivity contribution in [3.05, 3.63) is 58.3 Å². The summed E-state index contributed by atoms with van der Waals surface area (Å²) >= 11 is 9.64. The average Bonchev–Trinajstić information content (AvgIpc) is 2.73. The van der Waals surface area contributed by atoms with Crippen LogP contribution in [0.5, 0.6) is 0 Å². The predicted molar refractivity (Wildman–Crippen MR) is 73.8 cm³/mol. The maximum absolute atomic E-state index is 6.24. The van der Waals surface area contributed by atoms with Crippen LogP contribution in [0.15, 0.2) is 53.3 Å². The topological polar surface area (TPSA) is 17.8 Å². The number of fused-ring (bicyclic) bond motifs is 1. The number of rotatable bonds is 1. The van der Waals surface area contributed by atoms with Crippen molar-refractivity contribution in [2.24, 2.45) is 0 Å². The van der Waals surface area contributed by atoms with Gasteiger partial charge in [-0.3, -0.25) is 4.57 Å². The molecule has 0 aliphatic rings. The van der Waals surface area contributed by atoms with Crippen molar-refractivity contribution in [3.8, 4) is 5.69 Å². The summed E-state index contributed by atoms with van der Waals surface area (Å²) in [6.07, 6.45) is 3.76. The van der Waals surface area contributed by atoms with E-state index in [1.807, 2.05) is 47.2 Å². The molecule has 0 aliphatic carbocycles. The van der Waals surface area contributed by atoms with Gasteiger partial charge in [0.15, 0.2) is 0 Å². The van der Waals surface area contributed by atoms with E-state index < -0.39 is 0 Å². The summed E-state index contributed by atoms with van der Waals surface area (Å²) in [6.45, 7) is 0. The number of nitrogens with zero attached hydrogens (tertiary/aromatic N) is 2. The highest BCUT2D eigenvalue weighted by atomic mass is 79.9. The number of benzene rings is 1. The van der Waals surface area contributed by atoms with E-state index in [4.69, 9.17) is 11.6 Å². The molecule has 0 atom stereocenters. The van der Waals surface area contributed by atoms with Gasteiger partial charge in [-0.15, -0.1) is 0 Å². The van der Waals surface area contributed by atoms with Crippen LogP contribution in [0.3, 0.4) is 0 Å². The first-order valence-corrected chi connectivity index (χ1v) is 6.30. The molecule has 2 heterocycles. The highest BCUT2D eigenvalue weighted by Gasteiger charge is 2.07. The van der Waals surface area contributed by atoms with Gasteiger partial charge in [0.25, 0.3) is 0 Å². The molecule has 84 valence electrons. The normalized spacial score (nSPS) is 10.9. The van der Waals surface area contributed by atoms with E-state index in [9.17, 15) is 0 Å². The van der Waals surface area contributed by atoms with E-state index in [0.717, 1.165) is 21.2 Å². The molecular formula is C13H8BrClN2. The molecule has 0 aliphatic heterocycles. The first-order chi connectivity index (χ1) is 8.25. The second-order valence-electron chi connectivity index (χ2n) is 3.70. The van der Waals surface area contributed by atoms with Crippen LogP contribution < -0.4 is 0 Å². The third-order valence-corrected chi connectivity index (χ3v) is 3.41. The minimum absolute atomic E-state index is 0.697. The molecule has 0 unspecified atom stereocenters. The van der Waals surface area contributed by atoms with E-state index in [2.05, 4.69) is 20.9 Å². The molecule has 3 rings (SSSR count). The van der Waals surface area contributed by atoms with Crippen molar-refractivity contribution < 1.29 is 0 Å². The Kier molecular flexibility index (Phi) is 2.65. The summed E-state index contributed by atoms with van der Waals surface area (Å²) in [5.74, 6) is 0. The van der Waals surface area contributed by atoms with Crippen LogP contribution in [0.4, 0.5) is 0 Å². The van der Waals surface area contributed by atoms with Gasteiger partial charge in [-0.05, 0) is 36.4 Å². The lowest BCUT2D eigenvalue weighted by atomic mass is 10.3. The number of hydrogen-bond acceptors (Lipinski definition) is 1. The van der Waals surface area contributed by atoms with Gasteiger partial charge in [-0.1, -0.05) is 27.5 Å². The van der Waals surface area contributed by atoms with Crippen molar-refractivity contribution in [2.75, 3.05) is 0 Å². The fraction of sp³-hybridized carbons (Fsp3) is 0. The molecule has 17 heavy (non-hydrogen) atoms. The number of aromatic nitrogens is 2. The quantitative estimate of drug-likeness (QED) is 0.650. The Hall–Kier alpha value is -1.32. The Morgan fingerprint density at radius 3 is 2.88 bits per heavy atom. The van der Waals surface area contributed by atoms with Crippen LogP contribution in [0, 0.1) is 0 Å². The Balaban J connectivity index is 2.27. The van der Waals surface area contributed by atoms with E-state index in [1.54, 1.807) is 6.20 Å². The zero-order valence-corrected chi connectivity index (χ0v) is 11.1. The third kappa shape index (κ3) is 1.85. The smallest absolute Gasteiger partial charge is 0.144 e. The molecule has 4 heteroatoms. The Bertz CT molecular complexity index is 691. The minimum atomic E-state index is 0.697. The molecule has 2 nitrogen and oxygen atoms in total. The van der Waals surface area contributed by atoms with Gasteiger partial charge in [-0.2, -0.15) is 0 Å². The van der Waals surface area contributed by atoms with Crippen molar-refractivity contribution in [2.45, 2.75) is 0 Å². The lowest BCUT2D eigenvalue weighted by Gasteiger charge is -2.07. The number of halogens is 2. The number of hydrogen-bond donors (Lipinski definition) is 0. The molecule has 0 saturated heterocycles. The fourth-order valence-corrected chi connectivity index (χ4v) is 2.60. The minimum Gasteiger partial charge on any atom is -0.300 e. The highest BCUT2D eigenvalue weighted by Crippen LogP contribution is 2.27. The molecule has 3 aromatic rings. The lowest BCUT2D eigenvalue weighted by molar-refractivity contribution is 1.09. The van der Waals surface area contributed by atoms with Crippen molar-refractivity contribution >= 4 is 38.6 Å². The molecule has 0 N–H and O–H groups in total. The molecular weight excluding hydrogens is 300 g/mol. The zero-order chi connectivity index (χ0) is 11.8. The standard InChI is InChI=1S/C13H8BrClN2/c14-10-3-4-12(11(15)8-10)17-7-5-9-2-1-6-16-13(9)17/h1-8H. The lowest BCUT2D eigenvalue weighted by Crippen LogP contribution is -1.94. The van der Waals surface area contributed by atoms with E-state index in [-0.39, 0.29) is 0 Å². The van der Waals surface area contributed by atoms with E-state index in [1.165, 1.54) is 0 Å². The zero-order valence-electron chi connectivity index (χ0n) is 8.77. The Morgan fingerprint density at radius 1 is 1.18 bits per heavy atom. The summed E-state index contributed by atoms with van der Waals surface area (Å²) in [6, 6.07) is 11.8. The van der Waals surface area contributed by atoms with Gasteiger partial charge < -0.3 is 0 Å². The average molecular weight is 308 g/mol. The SMILES string of the molecule is Clc1cc(Br)ccc1-n1ccc2cccnc21. The second-order valence-corrected chi connectivity index (χ2v) is 5.02. The van der Waals surface area contributed by atoms with Gasteiger partial charge in [0.1, 0.15) is 5.65 Å². The van der Waals surface area contributed by atoms with E-state index in [0.29, 0.717) is 5.02 Å². The predicted octanol–water partition coefficient (Wildman–Crippen LogP) is 4.44. The largest absolute Gasteiger partial charge is 0.300 e. The summed E-state index contributed by atoms with van der Waals surface area (Å²) in [5.41, 5.74) is 1.85. The summed E-state index contributed by atoms with van der Waals surface area (Å²) in [7, 11) is 0.